The molecule has 2 N–H and O–H groups in total. The molecule has 3 rings (SSSR count). The van der Waals surface area contributed by atoms with Crippen LogP contribution in [0.25, 0.3) is 6.08 Å². The fourth-order valence-corrected chi connectivity index (χ4v) is 2.82. The summed E-state index contributed by atoms with van der Waals surface area (Å²) in [7, 11) is 3.07. The van der Waals surface area contributed by atoms with Gasteiger partial charge in [-0.1, -0.05) is 36.4 Å². The third-order valence-corrected chi connectivity index (χ3v) is 4.36. The van der Waals surface area contributed by atoms with Crippen LogP contribution in [0.4, 0.5) is 5.69 Å². The first-order valence-electron chi connectivity index (χ1n) is 9.30. The minimum atomic E-state index is -0.296. The van der Waals surface area contributed by atoms with Crippen molar-refractivity contribution in [2.75, 3.05) is 19.5 Å². The predicted octanol–water partition coefficient (Wildman–Crippen LogP) is 4.64. The molecule has 0 atom stereocenters. The minimum absolute atomic E-state index is 0.0129. The molecule has 1 amide bonds. The van der Waals surface area contributed by atoms with Crippen molar-refractivity contribution < 1.29 is 24.1 Å². The van der Waals surface area contributed by atoms with Crippen LogP contribution in [-0.2, 0) is 11.4 Å². The van der Waals surface area contributed by atoms with Gasteiger partial charge in [-0.25, -0.2) is 0 Å². The van der Waals surface area contributed by atoms with Crippen molar-refractivity contribution in [1.82, 2.24) is 0 Å². The van der Waals surface area contributed by atoms with Gasteiger partial charge in [-0.2, -0.15) is 0 Å². The Labute approximate surface area is 175 Å². The van der Waals surface area contributed by atoms with Gasteiger partial charge in [0, 0.05) is 17.3 Å². The Morgan fingerprint density at radius 2 is 1.63 bits per heavy atom. The quantitative estimate of drug-likeness (QED) is 0.534. The molecule has 0 aliphatic carbocycles. The third-order valence-electron chi connectivity index (χ3n) is 4.36. The molecule has 0 aliphatic rings. The fraction of sp³-hybridized carbons (Fsp3) is 0.125. The van der Waals surface area contributed by atoms with Crippen LogP contribution < -0.4 is 19.5 Å². The number of rotatable bonds is 8. The molecule has 0 aromatic heterocycles. The number of para-hydroxylation sites is 3. The van der Waals surface area contributed by atoms with Gasteiger partial charge < -0.3 is 24.6 Å². The molecule has 0 aliphatic heterocycles. The van der Waals surface area contributed by atoms with Crippen molar-refractivity contribution in [3.05, 3.63) is 83.9 Å². The molecule has 0 heterocycles. The molecule has 6 nitrogen and oxygen atoms in total. The summed E-state index contributed by atoms with van der Waals surface area (Å²) in [5.41, 5.74) is 2.16. The number of ether oxygens (including phenoxy) is 3. The lowest BCUT2D eigenvalue weighted by Gasteiger charge is -2.13. The number of anilines is 1. The topological polar surface area (TPSA) is 77.0 Å². The van der Waals surface area contributed by atoms with E-state index in [1.807, 2.05) is 48.5 Å². The molecule has 0 saturated carbocycles. The van der Waals surface area contributed by atoms with Crippen LogP contribution in [0.2, 0.25) is 0 Å². The van der Waals surface area contributed by atoms with Crippen molar-refractivity contribution in [2.45, 2.75) is 6.61 Å². The van der Waals surface area contributed by atoms with E-state index in [2.05, 4.69) is 5.32 Å². The molecule has 0 radical (unpaired) electrons. The Balaban J connectivity index is 1.66. The highest BCUT2D eigenvalue weighted by Crippen LogP contribution is 2.28. The zero-order valence-corrected chi connectivity index (χ0v) is 16.8. The Morgan fingerprint density at radius 1 is 0.933 bits per heavy atom. The summed E-state index contributed by atoms with van der Waals surface area (Å²) in [6.07, 6.45) is 3.02. The number of amides is 1. The maximum Gasteiger partial charge on any atom is 0.248 e. The number of methoxy groups -OCH3 is 2. The van der Waals surface area contributed by atoms with E-state index in [0.29, 0.717) is 28.5 Å². The number of phenolic OH excluding ortho intramolecular Hbond substituents is 1. The summed E-state index contributed by atoms with van der Waals surface area (Å²) < 4.78 is 16.2. The fourth-order valence-electron chi connectivity index (χ4n) is 2.82. The Bertz CT molecular complexity index is 1050. The number of carbonyl (C=O) groups excluding carboxylic acids is 1. The van der Waals surface area contributed by atoms with Crippen LogP contribution in [-0.4, -0.2) is 25.2 Å². The number of aromatic hydroxyl groups is 1. The van der Waals surface area contributed by atoms with Gasteiger partial charge in [-0.05, 0) is 42.0 Å². The van der Waals surface area contributed by atoms with E-state index in [9.17, 15) is 9.90 Å². The monoisotopic (exact) mass is 405 g/mol. The molecule has 0 unspecified atom stereocenters. The Morgan fingerprint density at radius 3 is 2.37 bits per heavy atom. The Hall–Kier alpha value is -3.93. The van der Waals surface area contributed by atoms with Gasteiger partial charge in [0.2, 0.25) is 5.91 Å². The minimum Gasteiger partial charge on any atom is -0.504 e. The molecular weight excluding hydrogens is 382 g/mol. The molecule has 3 aromatic carbocycles. The van der Waals surface area contributed by atoms with Gasteiger partial charge in [-0.15, -0.1) is 0 Å². The zero-order chi connectivity index (χ0) is 21.3. The molecule has 3 aromatic rings. The molecule has 154 valence electrons. The molecule has 6 heteroatoms. The summed E-state index contributed by atoms with van der Waals surface area (Å²) in [5, 5.41) is 12.7. The number of hydrogen-bond acceptors (Lipinski definition) is 5. The third kappa shape index (κ3) is 5.32. The largest absolute Gasteiger partial charge is 0.504 e. The standard InChI is InChI=1S/C24H23NO5/c1-28-21-13-11-17(15-20(21)26)12-14-24(27)25-19-8-4-3-7-18(19)16-30-23-10-6-5-9-22(23)29-2/h3-15,26H,16H2,1-2H3,(H,25,27). The van der Waals surface area contributed by atoms with E-state index in [1.54, 1.807) is 25.3 Å². The molecule has 0 saturated heterocycles. The molecular formula is C24H23NO5. The summed E-state index contributed by atoms with van der Waals surface area (Å²) >= 11 is 0. The first-order chi connectivity index (χ1) is 14.6. The molecule has 0 bridgehead atoms. The van der Waals surface area contributed by atoms with Crippen molar-refractivity contribution in [1.29, 1.82) is 0 Å². The van der Waals surface area contributed by atoms with Gasteiger partial charge in [0.1, 0.15) is 6.61 Å². The lowest BCUT2D eigenvalue weighted by Crippen LogP contribution is -2.10. The number of hydrogen-bond donors (Lipinski definition) is 2. The highest BCUT2D eigenvalue weighted by molar-refractivity contribution is 6.02. The van der Waals surface area contributed by atoms with Crippen LogP contribution in [0.15, 0.2) is 72.8 Å². The van der Waals surface area contributed by atoms with Gasteiger partial charge in [-0.3, -0.25) is 4.79 Å². The van der Waals surface area contributed by atoms with Crippen molar-refractivity contribution in [3.8, 4) is 23.0 Å². The first-order valence-corrected chi connectivity index (χ1v) is 9.30. The summed E-state index contributed by atoms with van der Waals surface area (Å²) in [6, 6.07) is 19.7. The highest BCUT2D eigenvalue weighted by Gasteiger charge is 2.08. The van der Waals surface area contributed by atoms with Gasteiger partial charge in [0.15, 0.2) is 23.0 Å². The van der Waals surface area contributed by atoms with Crippen molar-refractivity contribution >= 4 is 17.7 Å². The van der Waals surface area contributed by atoms with E-state index in [0.717, 1.165) is 5.56 Å². The van der Waals surface area contributed by atoms with Gasteiger partial charge in [0.05, 0.1) is 14.2 Å². The number of nitrogens with one attached hydrogen (secondary N) is 1. The molecule has 30 heavy (non-hydrogen) atoms. The summed E-state index contributed by atoms with van der Waals surface area (Å²) in [4.78, 5) is 12.4. The smallest absolute Gasteiger partial charge is 0.248 e. The van der Waals surface area contributed by atoms with Crippen molar-refractivity contribution in [3.63, 3.8) is 0 Å². The van der Waals surface area contributed by atoms with E-state index in [1.165, 1.54) is 19.3 Å². The second-order valence-corrected chi connectivity index (χ2v) is 6.35. The second kappa shape index (κ2) is 10.0. The lowest BCUT2D eigenvalue weighted by molar-refractivity contribution is -0.111. The predicted molar refractivity (Wildman–Crippen MR) is 116 cm³/mol. The molecule has 0 fully saturated rings. The van der Waals surface area contributed by atoms with E-state index < -0.39 is 0 Å². The maximum absolute atomic E-state index is 12.4. The number of carbonyl (C=O) groups is 1. The van der Waals surface area contributed by atoms with Gasteiger partial charge in [0.25, 0.3) is 0 Å². The number of benzene rings is 3. The zero-order valence-electron chi connectivity index (χ0n) is 16.8. The Kier molecular flexibility index (Phi) is 6.95. The maximum atomic E-state index is 12.4. The van der Waals surface area contributed by atoms with E-state index >= 15 is 0 Å². The van der Waals surface area contributed by atoms with Crippen LogP contribution in [0, 0.1) is 0 Å². The normalized spacial score (nSPS) is 10.6. The average molecular weight is 405 g/mol. The summed E-state index contributed by atoms with van der Waals surface area (Å²) in [6.45, 7) is 0.271. The van der Waals surface area contributed by atoms with Crippen LogP contribution in [0.5, 0.6) is 23.0 Å². The van der Waals surface area contributed by atoms with Crippen LogP contribution in [0.1, 0.15) is 11.1 Å². The average Bonchev–Trinajstić information content (AvgIpc) is 2.77. The lowest BCUT2D eigenvalue weighted by atomic mass is 10.1. The van der Waals surface area contributed by atoms with Crippen LogP contribution in [0.3, 0.4) is 0 Å². The first kappa shape index (κ1) is 20.8. The molecule has 0 spiro atoms. The van der Waals surface area contributed by atoms with E-state index in [4.69, 9.17) is 14.2 Å². The van der Waals surface area contributed by atoms with Crippen molar-refractivity contribution in [2.24, 2.45) is 0 Å². The SMILES string of the molecule is COc1ccc(C=CC(=O)Nc2ccccc2COc2ccccc2OC)cc1O. The van der Waals surface area contributed by atoms with E-state index in [-0.39, 0.29) is 18.3 Å². The summed E-state index contributed by atoms with van der Waals surface area (Å²) in [5.74, 6) is 1.36. The highest BCUT2D eigenvalue weighted by atomic mass is 16.5. The second-order valence-electron chi connectivity index (χ2n) is 6.35. The van der Waals surface area contributed by atoms with Crippen LogP contribution >= 0.6 is 0 Å². The van der Waals surface area contributed by atoms with Gasteiger partial charge >= 0.3 is 0 Å². The number of phenols is 1.